The molecule has 1 aliphatic rings. The van der Waals surface area contributed by atoms with E-state index in [-0.39, 0.29) is 0 Å². The van der Waals surface area contributed by atoms with Crippen molar-refractivity contribution in [1.82, 2.24) is 0 Å². The largest absolute Gasteiger partial charge is 0.510 e. The molecule has 1 unspecified atom stereocenters. The third-order valence-corrected chi connectivity index (χ3v) is 1.48. The highest BCUT2D eigenvalue weighted by atomic mass is 16.8. The summed E-state index contributed by atoms with van der Waals surface area (Å²) in [5, 5.41) is 0. The topological polar surface area (TPSA) is 44.8 Å². The molecule has 0 aliphatic carbocycles. The molecule has 63 valence electrons. The molecule has 1 rings (SSSR count). The Labute approximate surface area is 65.4 Å². The van der Waals surface area contributed by atoms with Gasteiger partial charge < -0.3 is 14.2 Å². The summed E-state index contributed by atoms with van der Waals surface area (Å²) in [6, 6.07) is 0. The number of ether oxygens (including phenoxy) is 3. The third kappa shape index (κ3) is 2.76. The molecule has 1 fully saturated rings. The van der Waals surface area contributed by atoms with Crippen molar-refractivity contribution >= 4 is 6.16 Å². The van der Waals surface area contributed by atoms with Gasteiger partial charge in [0.15, 0.2) is 0 Å². The van der Waals surface area contributed by atoms with E-state index in [0.29, 0.717) is 6.61 Å². The van der Waals surface area contributed by atoms with Gasteiger partial charge in [0.25, 0.3) is 0 Å². The zero-order valence-corrected chi connectivity index (χ0v) is 6.25. The van der Waals surface area contributed by atoms with Crippen molar-refractivity contribution < 1.29 is 19.0 Å². The van der Waals surface area contributed by atoms with E-state index in [1.165, 1.54) is 0 Å². The average Bonchev–Trinajstić information content (AvgIpc) is 2.06. The van der Waals surface area contributed by atoms with E-state index in [2.05, 4.69) is 11.8 Å². The fourth-order valence-electron chi connectivity index (χ4n) is 0.945. The van der Waals surface area contributed by atoms with Crippen LogP contribution in [0, 0.1) is 7.11 Å². The SMILES string of the molecule is [CH2]OC(=O)OC1CCCCO1. The van der Waals surface area contributed by atoms with Crippen molar-refractivity contribution in [1.29, 1.82) is 0 Å². The molecular formula is C7H11O4. The van der Waals surface area contributed by atoms with Crippen molar-refractivity contribution in [3.8, 4) is 0 Å². The van der Waals surface area contributed by atoms with E-state index >= 15 is 0 Å². The maximum absolute atomic E-state index is 10.5. The van der Waals surface area contributed by atoms with E-state index in [4.69, 9.17) is 9.47 Å². The smallest absolute Gasteiger partial charge is 0.431 e. The highest BCUT2D eigenvalue weighted by molar-refractivity contribution is 5.60. The molecule has 1 heterocycles. The molecule has 4 nitrogen and oxygen atoms in total. The minimum Gasteiger partial charge on any atom is -0.431 e. The van der Waals surface area contributed by atoms with Gasteiger partial charge in [-0.1, -0.05) is 0 Å². The molecule has 1 aliphatic heterocycles. The Hall–Kier alpha value is -0.770. The number of hydrogen-bond acceptors (Lipinski definition) is 4. The molecule has 4 heteroatoms. The summed E-state index contributed by atoms with van der Waals surface area (Å²) in [4.78, 5) is 10.5. The lowest BCUT2D eigenvalue weighted by Gasteiger charge is -2.21. The van der Waals surface area contributed by atoms with Gasteiger partial charge in [-0.25, -0.2) is 4.79 Å². The quantitative estimate of drug-likeness (QED) is 0.543. The molecule has 0 aromatic heterocycles. The van der Waals surface area contributed by atoms with Crippen molar-refractivity contribution in [2.24, 2.45) is 0 Å². The van der Waals surface area contributed by atoms with Gasteiger partial charge in [-0.15, -0.1) is 0 Å². The van der Waals surface area contributed by atoms with Crippen LogP contribution in [-0.4, -0.2) is 19.1 Å². The zero-order chi connectivity index (χ0) is 8.10. The summed E-state index contributed by atoms with van der Waals surface area (Å²) >= 11 is 0. The van der Waals surface area contributed by atoms with Crippen molar-refractivity contribution in [2.45, 2.75) is 25.6 Å². The lowest BCUT2D eigenvalue weighted by Crippen LogP contribution is -2.24. The molecule has 0 saturated carbocycles. The van der Waals surface area contributed by atoms with Gasteiger partial charge in [0.1, 0.15) is 7.11 Å². The van der Waals surface area contributed by atoms with Crippen molar-refractivity contribution in [3.05, 3.63) is 7.11 Å². The maximum atomic E-state index is 10.5. The molecule has 1 saturated heterocycles. The predicted octanol–water partition coefficient (Wildman–Crippen LogP) is 1.46. The fraction of sp³-hybridized carbons (Fsp3) is 0.714. The Morgan fingerprint density at radius 1 is 1.55 bits per heavy atom. The summed E-state index contributed by atoms with van der Waals surface area (Å²) < 4.78 is 13.9. The van der Waals surface area contributed by atoms with Crippen LogP contribution in [0.4, 0.5) is 4.79 Å². The lowest BCUT2D eigenvalue weighted by molar-refractivity contribution is -0.138. The minimum atomic E-state index is -0.781. The maximum Gasteiger partial charge on any atom is 0.510 e. The molecule has 1 radical (unpaired) electrons. The Bertz CT molecular complexity index is 128. The monoisotopic (exact) mass is 159 g/mol. The summed E-state index contributed by atoms with van der Waals surface area (Å²) in [7, 11) is 2.92. The standard InChI is InChI=1S/C7H11O4/c1-9-7(8)11-6-4-2-3-5-10-6/h6H,1-5H2. The Morgan fingerprint density at radius 3 is 2.91 bits per heavy atom. The fourth-order valence-corrected chi connectivity index (χ4v) is 0.945. The Balaban J connectivity index is 2.19. The van der Waals surface area contributed by atoms with E-state index in [0.717, 1.165) is 19.3 Å². The van der Waals surface area contributed by atoms with E-state index in [1.807, 2.05) is 0 Å². The van der Waals surface area contributed by atoms with Crippen LogP contribution in [-0.2, 0) is 14.2 Å². The van der Waals surface area contributed by atoms with Crippen LogP contribution >= 0.6 is 0 Å². The molecule has 0 spiro atoms. The summed E-state index contributed by atoms with van der Waals surface area (Å²) in [6.45, 7) is 0.648. The summed E-state index contributed by atoms with van der Waals surface area (Å²) in [5.74, 6) is 0. The molecule has 0 amide bonds. The van der Waals surface area contributed by atoms with Crippen LogP contribution in [0.2, 0.25) is 0 Å². The number of carbonyl (C=O) groups is 1. The van der Waals surface area contributed by atoms with Gasteiger partial charge in [-0.3, -0.25) is 0 Å². The van der Waals surface area contributed by atoms with E-state index in [1.54, 1.807) is 0 Å². The minimum absolute atomic E-state index is 0.432. The van der Waals surface area contributed by atoms with Gasteiger partial charge in [-0.2, -0.15) is 0 Å². The molecular weight excluding hydrogens is 148 g/mol. The van der Waals surface area contributed by atoms with Crippen LogP contribution in [0.15, 0.2) is 0 Å². The second-order valence-electron chi connectivity index (χ2n) is 2.31. The number of rotatable bonds is 1. The van der Waals surface area contributed by atoms with Gasteiger partial charge in [0.05, 0.1) is 6.61 Å². The average molecular weight is 159 g/mol. The van der Waals surface area contributed by atoms with Crippen LogP contribution < -0.4 is 0 Å². The Morgan fingerprint density at radius 2 is 2.36 bits per heavy atom. The van der Waals surface area contributed by atoms with Gasteiger partial charge in [0.2, 0.25) is 6.29 Å². The van der Waals surface area contributed by atoms with Crippen molar-refractivity contribution in [3.63, 3.8) is 0 Å². The molecule has 0 aromatic carbocycles. The second-order valence-corrected chi connectivity index (χ2v) is 2.31. The first-order valence-corrected chi connectivity index (χ1v) is 3.57. The molecule has 1 atom stereocenters. The zero-order valence-electron chi connectivity index (χ0n) is 6.25. The van der Waals surface area contributed by atoms with Gasteiger partial charge in [0, 0.05) is 6.42 Å². The number of hydrogen-bond donors (Lipinski definition) is 0. The summed E-state index contributed by atoms with van der Waals surface area (Å²) in [5.41, 5.74) is 0. The Kier molecular flexibility index (Phi) is 3.16. The molecule has 11 heavy (non-hydrogen) atoms. The van der Waals surface area contributed by atoms with E-state index < -0.39 is 12.4 Å². The van der Waals surface area contributed by atoms with Crippen LogP contribution in [0.3, 0.4) is 0 Å². The van der Waals surface area contributed by atoms with Crippen LogP contribution in [0.25, 0.3) is 0 Å². The second kappa shape index (κ2) is 4.18. The molecule has 0 aromatic rings. The molecule has 0 bridgehead atoms. The van der Waals surface area contributed by atoms with Gasteiger partial charge >= 0.3 is 6.16 Å². The van der Waals surface area contributed by atoms with Crippen LogP contribution in [0.1, 0.15) is 19.3 Å². The van der Waals surface area contributed by atoms with Crippen molar-refractivity contribution in [2.75, 3.05) is 6.61 Å². The molecule has 0 N–H and O–H groups in total. The highest BCUT2D eigenvalue weighted by Gasteiger charge is 2.17. The van der Waals surface area contributed by atoms with E-state index in [9.17, 15) is 4.79 Å². The first-order valence-electron chi connectivity index (χ1n) is 3.57. The predicted molar refractivity (Wildman–Crippen MR) is 36.5 cm³/mol. The highest BCUT2D eigenvalue weighted by Crippen LogP contribution is 2.13. The summed E-state index contributed by atoms with van der Waals surface area (Å²) in [6.07, 6.45) is 1.58. The third-order valence-electron chi connectivity index (χ3n) is 1.48. The number of carbonyl (C=O) groups excluding carboxylic acids is 1. The first kappa shape index (κ1) is 8.33. The normalized spacial score (nSPS) is 24.3. The van der Waals surface area contributed by atoms with Gasteiger partial charge in [-0.05, 0) is 12.8 Å². The first-order chi connectivity index (χ1) is 5.33. The van der Waals surface area contributed by atoms with Crippen LogP contribution in [0.5, 0.6) is 0 Å². The lowest BCUT2D eigenvalue weighted by atomic mass is 10.2.